The average Bonchev–Trinajstić information content (AvgIpc) is 2.05. The van der Waals surface area contributed by atoms with Crippen molar-refractivity contribution in [3.63, 3.8) is 0 Å². The first-order valence-electron chi connectivity index (χ1n) is 3.89. The predicted octanol–water partition coefficient (Wildman–Crippen LogP) is 1.83. The number of hydrazone groups is 1. The first-order valence-corrected chi connectivity index (χ1v) is 3.89. The van der Waals surface area contributed by atoms with Crippen LogP contribution in [-0.4, -0.2) is 18.2 Å². The molecule has 0 spiro atoms. The van der Waals surface area contributed by atoms with Crippen LogP contribution in [-0.2, 0) is 0 Å². The minimum atomic E-state index is 1.01. The third-order valence-corrected chi connectivity index (χ3v) is 1.54. The Morgan fingerprint density at radius 1 is 1.58 bits per heavy atom. The summed E-state index contributed by atoms with van der Waals surface area (Å²) in [6.45, 7) is 3.86. The molecule has 1 aromatic rings. The van der Waals surface area contributed by atoms with Crippen molar-refractivity contribution in [1.82, 2.24) is 4.98 Å². The quantitative estimate of drug-likeness (QED) is 0.491. The van der Waals surface area contributed by atoms with Gasteiger partial charge in [0.15, 0.2) is 0 Å². The van der Waals surface area contributed by atoms with Crippen LogP contribution in [0.25, 0.3) is 0 Å². The summed E-state index contributed by atoms with van der Waals surface area (Å²) in [4.78, 5) is 4.10. The van der Waals surface area contributed by atoms with Gasteiger partial charge in [0, 0.05) is 25.2 Å². The fourth-order valence-corrected chi connectivity index (χ4v) is 0.972. The second kappa shape index (κ2) is 3.85. The number of rotatable bonds is 2. The fraction of sp³-hybridized carbons (Fsp3) is 0.333. The fourth-order valence-electron chi connectivity index (χ4n) is 0.972. The van der Waals surface area contributed by atoms with Crippen LogP contribution in [0.3, 0.4) is 0 Å². The van der Waals surface area contributed by atoms with E-state index in [2.05, 4.69) is 10.1 Å². The molecule has 3 heteroatoms. The van der Waals surface area contributed by atoms with Gasteiger partial charge in [-0.05, 0) is 26.0 Å². The molecule has 1 aromatic heterocycles. The molecule has 0 aromatic carbocycles. The van der Waals surface area contributed by atoms with E-state index in [1.807, 2.05) is 38.0 Å². The van der Waals surface area contributed by atoms with Crippen molar-refractivity contribution in [2.45, 2.75) is 13.8 Å². The van der Waals surface area contributed by atoms with Crippen molar-refractivity contribution in [1.29, 1.82) is 0 Å². The molecule has 0 amide bonds. The molecular formula is C9H13N3. The standard InChI is InChI=1S/C9H13N3/c1-4-11-12(3)9-5-6-10-8(2)7-9/h4-7H,1-3H3/b11-4-. The van der Waals surface area contributed by atoms with Crippen LogP contribution in [0.2, 0.25) is 0 Å². The number of hydrogen-bond donors (Lipinski definition) is 0. The maximum atomic E-state index is 4.12. The second-order valence-electron chi connectivity index (χ2n) is 2.55. The molecule has 0 unspecified atom stereocenters. The van der Waals surface area contributed by atoms with Gasteiger partial charge in [-0.2, -0.15) is 5.10 Å². The minimum absolute atomic E-state index is 1.01. The number of hydrogen-bond acceptors (Lipinski definition) is 3. The van der Waals surface area contributed by atoms with E-state index in [1.165, 1.54) is 0 Å². The van der Waals surface area contributed by atoms with Crippen LogP contribution in [0, 0.1) is 6.92 Å². The zero-order valence-electron chi connectivity index (χ0n) is 7.65. The first kappa shape index (κ1) is 8.71. The summed E-state index contributed by atoms with van der Waals surface area (Å²) in [5.74, 6) is 0. The lowest BCUT2D eigenvalue weighted by molar-refractivity contribution is 1.01. The van der Waals surface area contributed by atoms with Crippen LogP contribution < -0.4 is 5.01 Å². The van der Waals surface area contributed by atoms with E-state index in [0.29, 0.717) is 0 Å². The molecule has 0 N–H and O–H groups in total. The Bertz CT molecular complexity index is 281. The largest absolute Gasteiger partial charge is 0.269 e. The molecule has 0 saturated carbocycles. The number of aromatic nitrogens is 1. The normalized spacial score (nSPS) is 10.6. The number of aryl methyl sites for hydroxylation is 1. The lowest BCUT2D eigenvalue weighted by Gasteiger charge is -2.11. The Kier molecular flexibility index (Phi) is 2.80. The van der Waals surface area contributed by atoms with Crippen LogP contribution in [0.4, 0.5) is 5.69 Å². The van der Waals surface area contributed by atoms with Crippen molar-refractivity contribution in [2.75, 3.05) is 12.1 Å². The van der Waals surface area contributed by atoms with Crippen LogP contribution >= 0.6 is 0 Å². The monoisotopic (exact) mass is 163 g/mol. The molecule has 12 heavy (non-hydrogen) atoms. The summed E-state index contributed by atoms with van der Waals surface area (Å²) >= 11 is 0. The number of nitrogens with zero attached hydrogens (tertiary/aromatic N) is 3. The smallest absolute Gasteiger partial charge is 0.0623 e. The van der Waals surface area contributed by atoms with Gasteiger partial charge in [-0.25, -0.2) is 0 Å². The summed E-state index contributed by atoms with van der Waals surface area (Å²) < 4.78 is 0. The SMILES string of the molecule is C/C=N\N(C)c1ccnc(C)c1. The Balaban J connectivity index is 2.87. The van der Waals surface area contributed by atoms with Gasteiger partial charge in [-0.1, -0.05) is 0 Å². The molecule has 0 atom stereocenters. The summed E-state index contributed by atoms with van der Waals surface area (Å²) in [5.41, 5.74) is 2.06. The number of anilines is 1. The number of pyridine rings is 1. The van der Waals surface area contributed by atoms with Gasteiger partial charge in [0.2, 0.25) is 0 Å². The maximum absolute atomic E-state index is 4.12. The maximum Gasteiger partial charge on any atom is 0.0623 e. The third-order valence-electron chi connectivity index (χ3n) is 1.54. The Hall–Kier alpha value is -1.38. The van der Waals surface area contributed by atoms with Crippen molar-refractivity contribution in [3.8, 4) is 0 Å². The van der Waals surface area contributed by atoms with Gasteiger partial charge >= 0.3 is 0 Å². The van der Waals surface area contributed by atoms with Crippen molar-refractivity contribution >= 4 is 11.9 Å². The molecule has 0 aliphatic heterocycles. The van der Waals surface area contributed by atoms with Crippen LogP contribution in [0.1, 0.15) is 12.6 Å². The summed E-state index contributed by atoms with van der Waals surface area (Å²) in [5, 5.41) is 5.93. The molecule has 0 aliphatic carbocycles. The van der Waals surface area contributed by atoms with Crippen molar-refractivity contribution in [3.05, 3.63) is 24.0 Å². The summed E-state index contributed by atoms with van der Waals surface area (Å²) in [7, 11) is 1.91. The highest BCUT2D eigenvalue weighted by atomic mass is 15.4. The predicted molar refractivity (Wildman–Crippen MR) is 51.5 cm³/mol. The summed E-state index contributed by atoms with van der Waals surface area (Å²) in [6, 6.07) is 3.92. The zero-order valence-corrected chi connectivity index (χ0v) is 7.65. The average molecular weight is 163 g/mol. The second-order valence-corrected chi connectivity index (χ2v) is 2.55. The van der Waals surface area contributed by atoms with E-state index in [-0.39, 0.29) is 0 Å². The molecule has 3 nitrogen and oxygen atoms in total. The topological polar surface area (TPSA) is 28.5 Å². The third kappa shape index (κ3) is 2.05. The molecule has 64 valence electrons. The van der Waals surface area contributed by atoms with E-state index < -0.39 is 0 Å². The molecule has 0 radical (unpaired) electrons. The Labute approximate surface area is 72.7 Å². The lowest BCUT2D eigenvalue weighted by atomic mass is 10.3. The highest BCUT2D eigenvalue weighted by Crippen LogP contribution is 2.11. The van der Waals surface area contributed by atoms with E-state index in [4.69, 9.17) is 0 Å². The highest BCUT2D eigenvalue weighted by molar-refractivity contribution is 5.57. The van der Waals surface area contributed by atoms with E-state index in [0.717, 1.165) is 11.4 Å². The van der Waals surface area contributed by atoms with Gasteiger partial charge < -0.3 is 0 Å². The van der Waals surface area contributed by atoms with E-state index in [1.54, 1.807) is 12.4 Å². The molecule has 0 saturated heterocycles. The summed E-state index contributed by atoms with van der Waals surface area (Å²) in [6.07, 6.45) is 3.54. The van der Waals surface area contributed by atoms with Crippen molar-refractivity contribution < 1.29 is 0 Å². The van der Waals surface area contributed by atoms with Gasteiger partial charge in [0.05, 0.1) is 5.69 Å². The Morgan fingerprint density at radius 2 is 2.33 bits per heavy atom. The van der Waals surface area contributed by atoms with E-state index >= 15 is 0 Å². The van der Waals surface area contributed by atoms with Gasteiger partial charge in [-0.3, -0.25) is 9.99 Å². The van der Waals surface area contributed by atoms with Gasteiger partial charge in [0.1, 0.15) is 0 Å². The minimum Gasteiger partial charge on any atom is -0.269 e. The highest BCUT2D eigenvalue weighted by Gasteiger charge is 1.96. The molecule has 1 heterocycles. The molecular weight excluding hydrogens is 150 g/mol. The first-order chi connectivity index (χ1) is 5.74. The lowest BCUT2D eigenvalue weighted by Crippen LogP contribution is -2.08. The molecule has 0 aliphatic rings. The van der Waals surface area contributed by atoms with Crippen molar-refractivity contribution in [2.24, 2.45) is 5.10 Å². The molecule has 0 fully saturated rings. The van der Waals surface area contributed by atoms with E-state index in [9.17, 15) is 0 Å². The zero-order chi connectivity index (χ0) is 8.97. The van der Waals surface area contributed by atoms with Gasteiger partial charge in [-0.15, -0.1) is 0 Å². The molecule has 1 rings (SSSR count). The van der Waals surface area contributed by atoms with Crippen LogP contribution in [0.5, 0.6) is 0 Å². The van der Waals surface area contributed by atoms with Crippen LogP contribution in [0.15, 0.2) is 23.4 Å². The van der Waals surface area contributed by atoms with Gasteiger partial charge in [0.25, 0.3) is 0 Å². The Morgan fingerprint density at radius 3 is 2.92 bits per heavy atom. The molecule has 0 bridgehead atoms.